The minimum atomic E-state index is -0.736. The maximum Gasteiger partial charge on any atom is 0.296 e. The Labute approximate surface area is 205 Å². The van der Waals surface area contributed by atoms with E-state index >= 15 is 0 Å². The third kappa shape index (κ3) is 4.56. The summed E-state index contributed by atoms with van der Waals surface area (Å²) in [5.41, 5.74) is 4.72. The van der Waals surface area contributed by atoms with E-state index in [1.54, 1.807) is 25.4 Å². The number of aliphatic hydroxyl groups is 1. The van der Waals surface area contributed by atoms with Gasteiger partial charge in [0.2, 0.25) is 0 Å². The van der Waals surface area contributed by atoms with Gasteiger partial charge in [0.25, 0.3) is 11.7 Å². The van der Waals surface area contributed by atoms with Gasteiger partial charge in [-0.15, -0.1) is 0 Å². The molecule has 4 rings (SSSR count). The molecule has 1 amide bonds. The highest BCUT2D eigenvalue weighted by Gasteiger charge is 2.46. The normalized spacial score (nSPS) is 17.3. The fraction of sp³-hybridized carbons (Fsp3) is 0.276. The van der Waals surface area contributed by atoms with Crippen molar-refractivity contribution in [2.45, 2.75) is 46.2 Å². The van der Waals surface area contributed by atoms with E-state index in [0.717, 1.165) is 22.3 Å². The van der Waals surface area contributed by atoms with Gasteiger partial charge in [0.05, 0.1) is 31.0 Å². The van der Waals surface area contributed by atoms with Crippen LogP contribution < -0.4 is 4.74 Å². The number of aliphatic hydroxyl groups excluding tert-OH is 1. The largest absolute Gasteiger partial charge is 0.507 e. The van der Waals surface area contributed by atoms with Crippen molar-refractivity contribution < 1.29 is 19.4 Å². The molecule has 0 aliphatic carbocycles. The summed E-state index contributed by atoms with van der Waals surface area (Å²) in [4.78, 5) is 32.4. The van der Waals surface area contributed by atoms with Gasteiger partial charge in [-0.1, -0.05) is 44.2 Å². The number of benzene rings is 2. The van der Waals surface area contributed by atoms with E-state index in [4.69, 9.17) is 4.74 Å². The molecule has 2 heterocycles. The van der Waals surface area contributed by atoms with Crippen molar-refractivity contribution in [2.24, 2.45) is 0 Å². The number of aryl methyl sites for hydroxylation is 2. The second-order valence-corrected chi connectivity index (χ2v) is 9.21. The number of Topliss-reactive ketones (excluding diaryl/α,β-unsaturated/α-hetero) is 1. The number of amides is 1. The van der Waals surface area contributed by atoms with Crippen molar-refractivity contribution in [1.82, 2.24) is 9.88 Å². The molecule has 1 aliphatic rings. The Kier molecular flexibility index (Phi) is 6.74. The average molecular weight is 471 g/mol. The first-order chi connectivity index (χ1) is 16.7. The first-order valence-electron chi connectivity index (χ1n) is 11.7. The number of carbonyl (C=O) groups excluding carboxylic acids is 2. The third-order valence-corrected chi connectivity index (χ3v) is 6.51. The van der Waals surface area contributed by atoms with E-state index in [0.29, 0.717) is 22.9 Å². The predicted octanol–water partition coefficient (Wildman–Crippen LogP) is 5.45. The van der Waals surface area contributed by atoms with Crippen LogP contribution in [0, 0.1) is 13.8 Å². The van der Waals surface area contributed by atoms with Gasteiger partial charge in [0, 0.05) is 11.8 Å². The number of nitrogens with zero attached hydrogens (tertiary/aromatic N) is 2. The van der Waals surface area contributed by atoms with Crippen LogP contribution in [0.5, 0.6) is 5.75 Å². The van der Waals surface area contributed by atoms with Gasteiger partial charge >= 0.3 is 0 Å². The van der Waals surface area contributed by atoms with Gasteiger partial charge in [-0.3, -0.25) is 14.6 Å². The van der Waals surface area contributed by atoms with Crippen molar-refractivity contribution in [1.29, 1.82) is 0 Å². The number of ether oxygens (including phenoxy) is 1. The molecule has 6 heteroatoms. The molecule has 1 fully saturated rings. The zero-order valence-corrected chi connectivity index (χ0v) is 20.7. The van der Waals surface area contributed by atoms with E-state index in [1.807, 2.05) is 56.3 Å². The molecular formula is C29H30N2O4. The number of hydrogen-bond donors (Lipinski definition) is 1. The summed E-state index contributed by atoms with van der Waals surface area (Å²) in [7, 11) is 1.59. The van der Waals surface area contributed by atoms with E-state index in [9.17, 15) is 14.7 Å². The van der Waals surface area contributed by atoms with Crippen LogP contribution in [-0.2, 0) is 16.1 Å². The van der Waals surface area contributed by atoms with Crippen molar-refractivity contribution in [3.05, 3.63) is 99.9 Å². The van der Waals surface area contributed by atoms with Gasteiger partial charge in [-0.25, -0.2) is 0 Å². The lowest BCUT2D eigenvalue weighted by molar-refractivity contribution is -0.140. The molecule has 35 heavy (non-hydrogen) atoms. The highest BCUT2D eigenvalue weighted by atomic mass is 16.5. The van der Waals surface area contributed by atoms with E-state index in [2.05, 4.69) is 18.8 Å². The molecule has 2 aromatic carbocycles. The smallest absolute Gasteiger partial charge is 0.296 e. The van der Waals surface area contributed by atoms with Crippen molar-refractivity contribution in [3.63, 3.8) is 0 Å². The Morgan fingerprint density at radius 3 is 2.37 bits per heavy atom. The number of likely N-dealkylation sites (tertiary alicyclic amines) is 1. The Morgan fingerprint density at radius 1 is 1.06 bits per heavy atom. The van der Waals surface area contributed by atoms with Gasteiger partial charge in [-0.2, -0.15) is 0 Å². The fourth-order valence-corrected chi connectivity index (χ4v) is 4.53. The predicted molar refractivity (Wildman–Crippen MR) is 135 cm³/mol. The van der Waals surface area contributed by atoms with Crippen LogP contribution in [-0.4, -0.2) is 33.8 Å². The number of pyridine rings is 1. The molecule has 0 saturated carbocycles. The molecular weight excluding hydrogens is 440 g/mol. The van der Waals surface area contributed by atoms with Gasteiger partial charge < -0.3 is 14.7 Å². The second-order valence-electron chi connectivity index (χ2n) is 9.21. The quantitative estimate of drug-likeness (QED) is 0.294. The Hall–Kier alpha value is -3.93. The van der Waals surface area contributed by atoms with Crippen LogP contribution in [0.2, 0.25) is 0 Å². The van der Waals surface area contributed by atoms with Gasteiger partial charge in [0.1, 0.15) is 11.5 Å². The summed E-state index contributed by atoms with van der Waals surface area (Å²) in [6.45, 7) is 8.08. The monoisotopic (exact) mass is 470 g/mol. The molecule has 0 spiro atoms. The van der Waals surface area contributed by atoms with Crippen LogP contribution >= 0.6 is 0 Å². The summed E-state index contributed by atoms with van der Waals surface area (Å²) < 4.78 is 5.39. The SMILES string of the molecule is COc1cc(C)c(/C(O)=C2\C(=O)C(=O)N(Cc3ccccn3)C2c2ccc(C(C)C)cc2)cc1C. The highest BCUT2D eigenvalue weighted by molar-refractivity contribution is 6.46. The third-order valence-electron chi connectivity index (χ3n) is 6.51. The van der Waals surface area contributed by atoms with E-state index in [1.165, 1.54) is 4.90 Å². The summed E-state index contributed by atoms with van der Waals surface area (Å²) in [6.07, 6.45) is 1.65. The summed E-state index contributed by atoms with van der Waals surface area (Å²) in [5, 5.41) is 11.5. The maximum absolute atomic E-state index is 13.3. The second kappa shape index (κ2) is 9.74. The number of ketones is 1. The zero-order valence-electron chi connectivity index (χ0n) is 20.7. The lowest BCUT2D eigenvalue weighted by atomic mass is 9.91. The molecule has 1 aliphatic heterocycles. The number of aromatic nitrogens is 1. The Bertz CT molecular complexity index is 1290. The Balaban J connectivity index is 1.89. The first kappa shape index (κ1) is 24.2. The minimum Gasteiger partial charge on any atom is -0.507 e. The molecule has 3 aromatic rings. The first-order valence-corrected chi connectivity index (χ1v) is 11.7. The van der Waals surface area contributed by atoms with Gasteiger partial charge in [0.15, 0.2) is 0 Å². The molecule has 1 aromatic heterocycles. The number of hydrogen-bond acceptors (Lipinski definition) is 5. The molecule has 1 atom stereocenters. The van der Waals surface area contributed by atoms with Gasteiger partial charge in [-0.05, 0) is 66.3 Å². The fourth-order valence-electron chi connectivity index (χ4n) is 4.53. The molecule has 180 valence electrons. The van der Waals surface area contributed by atoms with Crippen molar-refractivity contribution in [3.8, 4) is 5.75 Å². The molecule has 1 unspecified atom stereocenters. The van der Waals surface area contributed by atoms with E-state index < -0.39 is 17.7 Å². The molecule has 0 radical (unpaired) electrons. The highest BCUT2D eigenvalue weighted by Crippen LogP contribution is 2.41. The average Bonchev–Trinajstić information content (AvgIpc) is 3.10. The van der Waals surface area contributed by atoms with Crippen LogP contribution in [0.25, 0.3) is 5.76 Å². The summed E-state index contributed by atoms with van der Waals surface area (Å²) >= 11 is 0. The lowest BCUT2D eigenvalue weighted by Gasteiger charge is -2.25. The molecule has 1 saturated heterocycles. The van der Waals surface area contributed by atoms with E-state index in [-0.39, 0.29) is 17.9 Å². The number of methoxy groups -OCH3 is 1. The topological polar surface area (TPSA) is 79.7 Å². The maximum atomic E-state index is 13.3. The Morgan fingerprint density at radius 2 is 1.77 bits per heavy atom. The standard InChI is InChI=1S/C29H30N2O4/c1-17(2)20-9-11-21(12-10-20)26-25(27(32)23-14-19(4)24(35-5)15-18(23)3)28(33)29(34)31(26)16-22-8-6-7-13-30-22/h6-15,17,26,32H,16H2,1-5H3/b27-25+. The molecule has 1 N–H and O–H groups in total. The van der Waals surface area contributed by atoms with Crippen LogP contribution in [0.15, 0.2) is 66.4 Å². The zero-order chi connectivity index (χ0) is 25.3. The number of carbonyl (C=O) groups is 2. The van der Waals surface area contributed by atoms with Crippen LogP contribution in [0.3, 0.4) is 0 Å². The van der Waals surface area contributed by atoms with Crippen LogP contribution in [0.4, 0.5) is 0 Å². The van der Waals surface area contributed by atoms with Crippen molar-refractivity contribution >= 4 is 17.4 Å². The van der Waals surface area contributed by atoms with Crippen LogP contribution in [0.1, 0.15) is 59.3 Å². The van der Waals surface area contributed by atoms with Crippen molar-refractivity contribution in [2.75, 3.05) is 7.11 Å². The minimum absolute atomic E-state index is 0.0795. The summed E-state index contributed by atoms with van der Waals surface area (Å²) in [5.74, 6) is -0.514. The lowest BCUT2D eigenvalue weighted by Crippen LogP contribution is -2.29. The summed E-state index contributed by atoms with van der Waals surface area (Å²) in [6, 6.07) is 16.2. The molecule has 0 bridgehead atoms. The number of rotatable bonds is 6. The molecule has 6 nitrogen and oxygen atoms in total.